The first-order valence-corrected chi connectivity index (χ1v) is 10.4. The van der Waals surface area contributed by atoms with Gasteiger partial charge in [-0.25, -0.2) is 18.4 Å². The normalized spacial score (nSPS) is 14.5. The number of amides is 1. The number of nitrogens with one attached hydrogen (secondary N) is 2. The van der Waals surface area contributed by atoms with Crippen LogP contribution in [0.1, 0.15) is 34.2 Å². The lowest BCUT2D eigenvalue weighted by Crippen LogP contribution is -2.37. The van der Waals surface area contributed by atoms with Crippen LogP contribution in [0.2, 0.25) is 0 Å². The molecular weight excluding hydrogens is 366 g/mol. The average Bonchev–Trinajstić information content (AvgIpc) is 2.67. The van der Waals surface area contributed by atoms with E-state index in [1.165, 1.54) is 4.31 Å². The molecule has 1 amide bonds. The zero-order valence-corrected chi connectivity index (χ0v) is 16.4. The Labute approximate surface area is 159 Å². The molecule has 0 saturated carbocycles. The van der Waals surface area contributed by atoms with Crippen molar-refractivity contribution in [1.29, 1.82) is 0 Å². The van der Waals surface area contributed by atoms with E-state index in [2.05, 4.69) is 20.6 Å². The highest BCUT2D eigenvalue weighted by Gasteiger charge is 2.26. The molecule has 2 N–H and O–H groups in total. The first kappa shape index (κ1) is 19.2. The third-order valence-electron chi connectivity index (χ3n) is 4.55. The predicted octanol–water partition coefficient (Wildman–Crippen LogP) is 1.79. The van der Waals surface area contributed by atoms with E-state index in [9.17, 15) is 13.2 Å². The Kier molecular flexibility index (Phi) is 5.43. The van der Waals surface area contributed by atoms with Crippen molar-refractivity contribution in [3.8, 4) is 0 Å². The molecule has 27 heavy (non-hydrogen) atoms. The van der Waals surface area contributed by atoms with Gasteiger partial charge in [-0.3, -0.25) is 4.79 Å². The van der Waals surface area contributed by atoms with Crippen LogP contribution in [0, 0.1) is 6.92 Å². The van der Waals surface area contributed by atoms with Gasteiger partial charge in [-0.15, -0.1) is 0 Å². The number of hydrogen-bond donors (Lipinski definition) is 2. The third-order valence-corrected chi connectivity index (χ3v) is 6.38. The minimum Gasteiger partial charge on any atom is -0.357 e. The fourth-order valence-electron chi connectivity index (χ4n) is 3.10. The van der Waals surface area contributed by atoms with Crippen LogP contribution >= 0.6 is 0 Å². The third kappa shape index (κ3) is 4.09. The van der Waals surface area contributed by atoms with Gasteiger partial charge in [0.15, 0.2) is 0 Å². The lowest BCUT2D eigenvalue weighted by atomic mass is 9.99. The fourth-order valence-corrected chi connectivity index (χ4v) is 4.17. The van der Waals surface area contributed by atoms with Gasteiger partial charge in [0.05, 0.1) is 5.75 Å². The largest absolute Gasteiger partial charge is 0.357 e. The number of aromatic nitrogens is 2. The number of nitrogens with zero attached hydrogens (tertiary/aromatic N) is 3. The Hall–Kier alpha value is -2.52. The minimum atomic E-state index is -3.23. The molecule has 1 aromatic carbocycles. The topological polar surface area (TPSA) is 104 Å². The molecule has 0 spiro atoms. The van der Waals surface area contributed by atoms with Gasteiger partial charge in [-0.1, -0.05) is 12.1 Å². The molecule has 0 saturated heterocycles. The van der Waals surface area contributed by atoms with Gasteiger partial charge in [-0.2, -0.15) is 4.31 Å². The molecule has 2 heterocycles. The van der Waals surface area contributed by atoms with E-state index < -0.39 is 10.0 Å². The van der Waals surface area contributed by atoms with Crippen molar-refractivity contribution < 1.29 is 13.2 Å². The molecule has 1 aromatic heterocycles. The maximum absolute atomic E-state index is 12.7. The summed E-state index contributed by atoms with van der Waals surface area (Å²) < 4.78 is 25.8. The van der Waals surface area contributed by atoms with Crippen LogP contribution in [-0.2, 0) is 23.0 Å². The van der Waals surface area contributed by atoms with Gasteiger partial charge >= 0.3 is 0 Å². The second-order valence-corrected chi connectivity index (χ2v) is 8.61. The Morgan fingerprint density at radius 3 is 2.78 bits per heavy atom. The van der Waals surface area contributed by atoms with Crippen molar-refractivity contribution in [1.82, 2.24) is 14.3 Å². The van der Waals surface area contributed by atoms with Gasteiger partial charge in [-0.05, 0) is 43.5 Å². The Balaban J connectivity index is 1.85. The highest BCUT2D eigenvalue weighted by molar-refractivity contribution is 7.89. The van der Waals surface area contributed by atoms with Crippen LogP contribution in [0.4, 0.5) is 11.6 Å². The molecule has 0 fully saturated rings. The second kappa shape index (κ2) is 7.61. The molecule has 1 aliphatic rings. The van der Waals surface area contributed by atoms with Gasteiger partial charge < -0.3 is 10.6 Å². The van der Waals surface area contributed by atoms with Crippen LogP contribution in [0.25, 0.3) is 0 Å². The Morgan fingerprint density at radius 1 is 1.30 bits per heavy atom. The number of fused-ring (bicyclic) bond motifs is 1. The maximum atomic E-state index is 12.7. The summed E-state index contributed by atoms with van der Waals surface area (Å²) in [5.74, 6) is 0.143. The number of anilines is 2. The number of carbonyl (C=O) groups excluding carboxylic acids is 1. The molecule has 3 rings (SSSR count). The summed E-state index contributed by atoms with van der Waals surface area (Å²) in [6, 6.07) is 7.17. The standard InChI is InChI=1S/C18H23N5O3S/c1-4-27(25,26)23-9-8-14-13(11-23)6-5-7-15(14)21-17(24)16-10-12(2)20-18(19-3)22-16/h5-7,10H,4,8-9,11H2,1-3H3,(H,21,24)(H,19,20,22). The number of aryl methyl sites for hydroxylation is 1. The highest BCUT2D eigenvalue weighted by Crippen LogP contribution is 2.28. The van der Waals surface area contributed by atoms with Crippen molar-refractivity contribution >= 4 is 27.6 Å². The van der Waals surface area contributed by atoms with E-state index in [0.29, 0.717) is 36.8 Å². The SMILES string of the molecule is CCS(=O)(=O)N1CCc2c(cccc2NC(=O)c2cc(C)nc(NC)n2)C1. The van der Waals surface area contributed by atoms with E-state index in [0.717, 1.165) is 11.1 Å². The molecule has 0 atom stereocenters. The van der Waals surface area contributed by atoms with Crippen molar-refractivity contribution in [2.24, 2.45) is 0 Å². The number of benzene rings is 1. The molecule has 0 unspecified atom stereocenters. The van der Waals surface area contributed by atoms with Crippen molar-refractivity contribution in [2.45, 2.75) is 26.8 Å². The molecule has 9 heteroatoms. The smallest absolute Gasteiger partial charge is 0.274 e. The van der Waals surface area contributed by atoms with E-state index in [-0.39, 0.29) is 17.4 Å². The first-order valence-electron chi connectivity index (χ1n) is 8.77. The quantitative estimate of drug-likeness (QED) is 0.808. The van der Waals surface area contributed by atoms with Gasteiger partial charge in [0.2, 0.25) is 16.0 Å². The lowest BCUT2D eigenvalue weighted by molar-refractivity contribution is 0.102. The summed E-state index contributed by atoms with van der Waals surface area (Å²) in [6.07, 6.45) is 0.551. The number of carbonyl (C=O) groups is 1. The summed E-state index contributed by atoms with van der Waals surface area (Å²) in [7, 11) is -1.54. The van der Waals surface area contributed by atoms with E-state index in [4.69, 9.17) is 0 Å². The monoisotopic (exact) mass is 389 g/mol. The molecule has 1 aliphatic heterocycles. The maximum Gasteiger partial charge on any atom is 0.274 e. The molecular formula is C18H23N5O3S. The average molecular weight is 389 g/mol. The Bertz CT molecular complexity index is 975. The zero-order chi connectivity index (χ0) is 19.6. The molecule has 0 aliphatic carbocycles. The van der Waals surface area contributed by atoms with Crippen molar-refractivity contribution in [2.75, 3.05) is 30.0 Å². The number of hydrogen-bond acceptors (Lipinski definition) is 6. The molecule has 0 radical (unpaired) electrons. The van der Waals surface area contributed by atoms with Gasteiger partial charge in [0.1, 0.15) is 5.69 Å². The molecule has 8 nitrogen and oxygen atoms in total. The van der Waals surface area contributed by atoms with E-state index in [1.54, 1.807) is 27.0 Å². The lowest BCUT2D eigenvalue weighted by Gasteiger charge is -2.29. The summed E-state index contributed by atoms with van der Waals surface area (Å²) in [4.78, 5) is 21.0. The van der Waals surface area contributed by atoms with Crippen LogP contribution < -0.4 is 10.6 Å². The van der Waals surface area contributed by atoms with Crippen LogP contribution in [0.3, 0.4) is 0 Å². The Morgan fingerprint density at radius 2 is 2.07 bits per heavy atom. The highest BCUT2D eigenvalue weighted by atomic mass is 32.2. The molecule has 144 valence electrons. The number of sulfonamides is 1. The van der Waals surface area contributed by atoms with E-state index in [1.807, 2.05) is 18.2 Å². The van der Waals surface area contributed by atoms with Crippen LogP contribution in [-0.4, -0.2) is 47.9 Å². The van der Waals surface area contributed by atoms with Gasteiger partial charge in [0, 0.05) is 31.5 Å². The van der Waals surface area contributed by atoms with Crippen molar-refractivity contribution in [3.63, 3.8) is 0 Å². The second-order valence-electron chi connectivity index (χ2n) is 6.35. The summed E-state index contributed by atoms with van der Waals surface area (Å²) in [6.45, 7) is 4.18. The summed E-state index contributed by atoms with van der Waals surface area (Å²) in [5.41, 5.74) is 3.53. The molecule has 2 aromatic rings. The summed E-state index contributed by atoms with van der Waals surface area (Å²) >= 11 is 0. The zero-order valence-electron chi connectivity index (χ0n) is 15.6. The van der Waals surface area contributed by atoms with Crippen LogP contribution in [0.15, 0.2) is 24.3 Å². The van der Waals surface area contributed by atoms with Crippen LogP contribution in [0.5, 0.6) is 0 Å². The molecule has 0 bridgehead atoms. The van der Waals surface area contributed by atoms with Gasteiger partial charge in [0.25, 0.3) is 5.91 Å². The predicted molar refractivity (Wildman–Crippen MR) is 104 cm³/mol. The number of rotatable bonds is 5. The summed E-state index contributed by atoms with van der Waals surface area (Å²) in [5, 5.41) is 5.74. The first-order chi connectivity index (χ1) is 12.8. The van der Waals surface area contributed by atoms with E-state index >= 15 is 0 Å². The minimum absolute atomic E-state index is 0.0830. The van der Waals surface area contributed by atoms with Crippen molar-refractivity contribution in [3.05, 3.63) is 46.8 Å². The fraction of sp³-hybridized carbons (Fsp3) is 0.389.